The first-order chi connectivity index (χ1) is 8.98. The first kappa shape index (κ1) is 14.3. The van der Waals surface area contributed by atoms with E-state index >= 15 is 0 Å². The zero-order chi connectivity index (χ0) is 13.9. The fraction of sp³-hybridized carbons (Fsp3) is 0.571. The smallest absolute Gasteiger partial charge is 0.154 e. The number of ether oxygens (including phenoxy) is 1. The third-order valence-corrected chi connectivity index (χ3v) is 5.15. The Hall–Kier alpha value is -1.07. The summed E-state index contributed by atoms with van der Waals surface area (Å²) in [6, 6.07) is 7.93. The van der Waals surface area contributed by atoms with Crippen LogP contribution in [0.1, 0.15) is 25.3 Å². The van der Waals surface area contributed by atoms with Crippen LogP contribution >= 0.6 is 0 Å². The molecule has 0 amide bonds. The van der Waals surface area contributed by atoms with Crippen LogP contribution in [0, 0.1) is 0 Å². The van der Waals surface area contributed by atoms with Crippen LogP contribution in [-0.4, -0.2) is 32.1 Å². The van der Waals surface area contributed by atoms with Gasteiger partial charge in [-0.2, -0.15) is 0 Å². The second kappa shape index (κ2) is 5.92. The van der Waals surface area contributed by atoms with Gasteiger partial charge in [-0.25, -0.2) is 8.42 Å². The van der Waals surface area contributed by atoms with E-state index in [1.807, 2.05) is 24.3 Å². The van der Waals surface area contributed by atoms with Crippen LogP contribution in [0.3, 0.4) is 0 Å². The second-order valence-corrected chi connectivity index (χ2v) is 7.39. The molecule has 1 aliphatic heterocycles. The first-order valence-corrected chi connectivity index (χ1v) is 8.52. The van der Waals surface area contributed by atoms with Crippen LogP contribution in [0.15, 0.2) is 24.3 Å². The number of nitrogens with two attached hydrogens (primary N) is 1. The van der Waals surface area contributed by atoms with Crippen molar-refractivity contribution in [3.8, 4) is 5.75 Å². The Bertz CT molecular complexity index is 527. The van der Waals surface area contributed by atoms with E-state index in [-0.39, 0.29) is 23.7 Å². The monoisotopic (exact) mass is 283 g/mol. The van der Waals surface area contributed by atoms with E-state index in [0.717, 1.165) is 24.2 Å². The van der Waals surface area contributed by atoms with E-state index in [0.29, 0.717) is 6.42 Å². The number of hydrogen-bond acceptors (Lipinski definition) is 4. The molecule has 0 aromatic heterocycles. The van der Waals surface area contributed by atoms with Gasteiger partial charge in [0.05, 0.1) is 11.5 Å². The maximum absolute atomic E-state index is 11.4. The van der Waals surface area contributed by atoms with Crippen molar-refractivity contribution in [3.63, 3.8) is 0 Å². The number of sulfone groups is 1. The molecule has 0 saturated carbocycles. The quantitative estimate of drug-likeness (QED) is 0.890. The molecule has 1 aliphatic rings. The Morgan fingerprint density at radius 2 is 2.26 bits per heavy atom. The van der Waals surface area contributed by atoms with Crippen molar-refractivity contribution >= 4 is 9.84 Å². The van der Waals surface area contributed by atoms with Crippen molar-refractivity contribution < 1.29 is 13.2 Å². The molecule has 1 heterocycles. The SMILES string of the molecule is CCC(N)Cc1cccc(OC2CCS(=O)(=O)C2)c1. The van der Waals surface area contributed by atoms with Gasteiger partial charge in [0.2, 0.25) is 0 Å². The Morgan fingerprint density at radius 1 is 1.47 bits per heavy atom. The predicted molar refractivity (Wildman–Crippen MR) is 76.1 cm³/mol. The van der Waals surface area contributed by atoms with Crippen LogP contribution in [0.4, 0.5) is 0 Å². The molecule has 106 valence electrons. The van der Waals surface area contributed by atoms with Crippen LogP contribution in [-0.2, 0) is 16.3 Å². The lowest BCUT2D eigenvalue weighted by Gasteiger charge is -2.14. The summed E-state index contributed by atoms with van der Waals surface area (Å²) in [5, 5.41) is 0. The standard InChI is InChI=1S/C14H21NO3S/c1-2-12(15)8-11-4-3-5-13(9-11)18-14-6-7-19(16,17)10-14/h3-5,9,12,14H,2,6-8,10,15H2,1H3. The van der Waals surface area contributed by atoms with Gasteiger partial charge in [-0.05, 0) is 37.0 Å². The maximum Gasteiger partial charge on any atom is 0.154 e. The van der Waals surface area contributed by atoms with E-state index in [1.165, 1.54) is 0 Å². The van der Waals surface area contributed by atoms with E-state index in [4.69, 9.17) is 10.5 Å². The first-order valence-electron chi connectivity index (χ1n) is 6.70. The van der Waals surface area contributed by atoms with Gasteiger partial charge in [-0.15, -0.1) is 0 Å². The molecule has 0 spiro atoms. The molecule has 0 bridgehead atoms. The summed E-state index contributed by atoms with van der Waals surface area (Å²) in [4.78, 5) is 0. The van der Waals surface area contributed by atoms with Crippen LogP contribution in [0.2, 0.25) is 0 Å². The Kier molecular flexibility index (Phi) is 4.47. The molecule has 19 heavy (non-hydrogen) atoms. The number of rotatable bonds is 5. The van der Waals surface area contributed by atoms with Crippen molar-refractivity contribution in [2.75, 3.05) is 11.5 Å². The molecule has 2 N–H and O–H groups in total. The molecule has 1 fully saturated rings. The van der Waals surface area contributed by atoms with Gasteiger partial charge in [-0.1, -0.05) is 19.1 Å². The summed E-state index contributed by atoms with van der Waals surface area (Å²) in [6.07, 6.45) is 2.13. The van der Waals surface area contributed by atoms with Gasteiger partial charge in [-0.3, -0.25) is 0 Å². The highest BCUT2D eigenvalue weighted by Gasteiger charge is 2.29. The van der Waals surface area contributed by atoms with Crippen LogP contribution in [0.5, 0.6) is 5.75 Å². The minimum Gasteiger partial charge on any atom is -0.489 e. The van der Waals surface area contributed by atoms with Gasteiger partial charge in [0.15, 0.2) is 9.84 Å². The summed E-state index contributed by atoms with van der Waals surface area (Å²) in [6.45, 7) is 2.06. The molecule has 0 aliphatic carbocycles. The third-order valence-electron chi connectivity index (χ3n) is 3.41. The van der Waals surface area contributed by atoms with Crippen molar-refractivity contribution in [2.45, 2.75) is 38.3 Å². The van der Waals surface area contributed by atoms with E-state index in [1.54, 1.807) is 0 Å². The molecule has 4 nitrogen and oxygen atoms in total. The topological polar surface area (TPSA) is 69.4 Å². The lowest BCUT2D eigenvalue weighted by atomic mass is 10.0. The molecular weight excluding hydrogens is 262 g/mol. The Balaban J connectivity index is 1.99. The summed E-state index contributed by atoms with van der Waals surface area (Å²) in [7, 11) is -2.89. The van der Waals surface area contributed by atoms with Crippen molar-refractivity contribution in [3.05, 3.63) is 29.8 Å². The average molecular weight is 283 g/mol. The van der Waals surface area contributed by atoms with E-state index in [2.05, 4.69) is 6.92 Å². The molecular formula is C14H21NO3S. The fourth-order valence-electron chi connectivity index (χ4n) is 2.24. The normalized spacial score (nSPS) is 23.2. The number of benzene rings is 1. The van der Waals surface area contributed by atoms with Gasteiger partial charge in [0, 0.05) is 6.04 Å². The predicted octanol–water partition coefficient (Wildman–Crippen LogP) is 1.53. The highest BCUT2D eigenvalue weighted by molar-refractivity contribution is 7.91. The molecule has 1 saturated heterocycles. The van der Waals surface area contributed by atoms with Crippen LogP contribution in [0.25, 0.3) is 0 Å². The molecule has 0 radical (unpaired) electrons. The summed E-state index contributed by atoms with van der Waals surface area (Å²) >= 11 is 0. The molecule has 2 atom stereocenters. The number of hydrogen-bond donors (Lipinski definition) is 1. The third kappa shape index (κ3) is 4.21. The molecule has 2 rings (SSSR count). The summed E-state index contributed by atoms with van der Waals surface area (Å²) in [5.41, 5.74) is 7.07. The average Bonchev–Trinajstić information content (AvgIpc) is 2.69. The van der Waals surface area contributed by atoms with Crippen LogP contribution < -0.4 is 10.5 Å². The highest BCUT2D eigenvalue weighted by atomic mass is 32.2. The summed E-state index contributed by atoms with van der Waals surface area (Å²) in [5.74, 6) is 1.10. The highest BCUT2D eigenvalue weighted by Crippen LogP contribution is 2.21. The van der Waals surface area contributed by atoms with Gasteiger partial charge in [0.25, 0.3) is 0 Å². The second-order valence-electron chi connectivity index (χ2n) is 5.16. The van der Waals surface area contributed by atoms with E-state index in [9.17, 15) is 8.42 Å². The molecule has 2 unspecified atom stereocenters. The Labute approximate surface area is 114 Å². The zero-order valence-electron chi connectivity index (χ0n) is 11.2. The fourth-order valence-corrected chi connectivity index (χ4v) is 3.83. The summed E-state index contributed by atoms with van der Waals surface area (Å²) < 4.78 is 28.5. The lowest BCUT2D eigenvalue weighted by Crippen LogP contribution is -2.21. The van der Waals surface area contributed by atoms with Gasteiger partial charge < -0.3 is 10.5 Å². The van der Waals surface area contributed by atoms with Crippen molar-refractivity contribution in [1.29, 1.82) is 0 Å². The minimum atomic E-state index is -2.89. The largest absolute Gasteiger partial charge is 0.489 e. The van der Waals surface area contributed by atoms with Gasteiger partial charge >= 0.3 is 0 Å². The van der Waals surface area contributed by atoms with Crippen molar-refractivity contribution in [2.24, 2.45) is 5.73 Å². The zero-order valence-corrected chi connectivity index (χ0v) is 12.0. The van der Waals surface area contributed by atoms with E-state index < -0.39 is 9.84 Å². The van der Waals surface area contributed by atoms with Gasteiger partial charge in [0.1, 0.15) is 11.9 Å². The molecule has 1 aromatic carbocycles. The molecule has 5 heteroatoms. The molecule has 1 aromatic rings. The van der Waals surface area contributed by atoms with Crippen molar-refractivity contribution in [1.82, 2.24) is 0 Å². The Morgan fingerprint density at radius 3 is 2.89 bits per heavy atom. The lowest BCUT2D eigenvalue weighted by molar-refractivity contribution is 0.228. The maximum atomic E-state index is 11.4. The minimum absolute atomic E-state index is 0.131.